The maximum absolute atomic E-state index is 13.9. The van der Waals surface area contributed by atoms with Gasteiger partial charge in [0, 0.05) is 45.0 Å². The molecule has 7 heteroatoms. The third kappa shape index (κ3) is 6.34. The van der Waals surface area contributed by atoms with E-state index in [2.05, 4.69) is 45.6 Å². The average Bonchev–Trinajstić information content (AvgIpc) is 2.58. The molecule has 2 rings (SSSR count). The highest BCUT2D eigenvalue weighted by molar-refractivity contribution is 14.0. The number of aryl methyl sites for hydroxylation is 1. The molecule has 148 valence electrons. The van der Waals surface area contributed by atoms with E-state index in [9.17, 15) is 8.78 Å². The summed E-state index contributed by atoms with van der Waals surface area (Å²) < 4.78 is 27.0. The second kappa shape index (κ2) is 10.4. The Bertz CT molecular complexity index is 794. The van der Waals surface area contributed by atoms with Crippen molar-refractivity contribution in [2.45, 2.75) is 26.4 Å². The van der Waals surface area contributed by atoms with E-state index in [4.69, 9.17) is 0 Å². The van der Waals surface area contributed by atoms with Crippen LogP contribution < -0.4 is 15.5 Å². The fourth-order valence-electron chi connectivity index (χ4n) is 2.67. The van der Waals surface area contributed by atoms with Gasteiger partial charge in [0.1, 0.15) is 11.6 Å². The Morgan fingerprint density at radius 1 is 1.15 bits per heavy atom. The maximum Gasteiger partial charge on any atom is 0.191 e. The highest BCUT2D eigenvalue weighted by Crippen LogP contribution is 2.18. The Kier molecular flexibility index (Phi) is 8.95. The molecule has 0 heterocycles. The van der Waals surface area contributed by atoms with Gasteiger partial charge in [-0.25, -0.2) is 8.78 Å². The first kappa shape index (κ1) is 23.1. The number of hydrogen-bond donors (Lipinski definition) is 2. The van der Waals surface area contributed by atoms with Crippen LogP contribution >= 0.6 is 24.0 Å². The minimum Gasteiger partial charge on any atom is -0.378 e. The van der Waals surface area contributed by atoms with Crippen LogP contribution in [0.15, 0.2) is 41.4 Å². The smallest absolute Gasteiger partial charge is 0.191 e. The summed E-state index contributed by atoms with van der Waals surface area (Å²) in [6.45, 7) is 4.47. The number of guanidine groups is 1. The Hall–Kier alpha value is -1.90. The van der Waals surface area contributed by atoms with Gasteiger partial charge in [0.25, 0.3) is 0 Å². The number of benzene rings is 2. The van der Waals surface area contributed by atoms with Crippen molar-refractivity contribution in [2.24, 2.45) is 4.99 Å². The number of hydrogen-bond acceptors (Lipinski definition) is 2. The first-order valence-electron chi connectivity index (χ1n) is 8.50. The molecule has 0 fully saturated rings. The van der Waals surface area contributed by atoms with Crippen LogP contribution in [0.25, 0.3) is 0 Å². The van der Waals surface area contributed by atoms with E-state index in [0.29, 0.717) is 18.1 Å². The Morgan fingerprint density at radius 2 is 1.85 bits per heavy atom. The molecule has 0 saturated heterocycles. The predicted octanol–water partition coefficient (Wildman–Crippen LogP) is 4.38. The van der Waals surface area contributed by atoms with Gasteiger partial charge in [0.05, 0.1) is 6.04 Å². The quantitative estimate of drug-likeness (QED) is 0.373. The minimum absolute atomic E-state index is 0. The van der Waals surface area contributed by atoms with Gasteiger partial charge < -0.3 is 15.5 Å². The Morgan fingerprint density at radius 3 is 2.41 bits per heavy atom. The number of rotatable bonds is 5. The molecular weight excluding hydrogens is 461 g/mol. The summed E-state index contributed by atoms with van der Waals surface area (Å²) in [6, 6.07) is 9.51. The van der Waals surface area contributed by atoms with Crippen LogP contribution in [-0.4, -0.2) is 27.1 Å². The summed E-state index contributed by atoms with van der Waals surface area (Å²) in [6.07, 6.45) is 0. The molecule has 1 unspecified atom stereocenters. The Labute approximate surface area is 177 Å². The number of anilines is 1. The molecule has 0 spiro atoms. The highest BCUT2D eigenvalue weighted by Gasteiger charge is 2.13. The van der Waals surface area contributed by atoms with Crippen molar-refractivity contribution in [2.75, 3.05) is 26.0 Å². The molecule has 0 aromatic heterocycles. The lowest BCUT2D eigenvalue weighted by atomic mass is 10.1. The number of halogens is 3. The first-order valence-corrected chi connectivity index (χ1v) is 8.50. The molecule has 0 saturated carbocycles. The zero-order valence-corrected chi connectivity index (χ0v) is 18.6. The molecule has 2 aromatic rings. The maximum atomic E-state index is 13.9. The van der Waals surface area contributed by atoms with Gasteiger partial charge in [0.2, 0.25) is 0 Å². The van der Waals surface area contributed by atoms with Crippen molar-refractivity contribution < 1.29 is 8.78 Å². The van der Waals surface area contributed by atoms with Crippen LogP contribution in [0.1, 0.15) is 29.7 Å². The standard InChI is InChI=1S/C20H26F2N4.HI/c1-13-10-17(26(4)5)8-6-15(13)12-24-20(23-3)25-14(2)18-9-7-16(21)11-19(18)22;/h6-11,14H,12H2,1-5H3,(H2,23,24,25);1H. The van der Waals surface area contributed by atoms with Crippen LogP contribution in [0, 0.1) is 18.6 Å². The third-order valence-corrected chi connectivity index (χ3v) is 4.29. The second-order valence-corrected chi connectivity index (χ2v) is 6.46. The summed E-state index contributed by atoms with van der Waals surface area (Å²) in [7, 11) is 5.67. The summed E-state index contributed by atoms with van der Waals surface area (Å²) >= 11 is 0. The number of nitrogens with zero attached hydrogens (tertiary/aromatic N) is 2. The summed E-state index contributed by atoms with van der Waals surface area (Å²) in [5.74, 6) is -0.606. The lowest BCUT2D eigenvalue weighted by molar-refractivity contribution is 0.550. The highest BCUT2D eigenvalue weighted by atomic mass is 127. The van der Waals surface area contributed by atoms with Crippen LogP contribution in [-0.2, 0) is 6.54 Å². The molecule has 4 nitrogen and oxygen atoms in total. The molecule has 0 radical (unpaired) electrons. The Balaban J connectivity index is 0.00000364. The minimum atomic E-state index is -0.586. The van der Waals surface area contributed by atoms with Crippen molar-refractivity contribution in [3.63, 3.8) is 0 Å². The molecule has 2 aromatic carbocycles. The van der Waals surface area contributed by atoms with Crippen molar-refractivity contribution in [3.05, 3.63) is 64.7 Å². The van der Waals surface area contributed by atoms with Gasteiger partial charge in [-0.2, -0.15) is 0 Å². The van der Waals surface area contributed by atoms with Crippen molar-refractivity contribution >= 4 is 35.6 Å². The third-order valence-electron chi connectivity index (χ3n) is 4.29. The van der Waals surface area contributed by atoms with E-state index in [0.717, 1.165) is 17.3 Å². The zero-order valence-electron chi connectivity index (χ0n) is 16.3. The van der Waals surface area contributed by atoms with Gasteiger partial charge in [-0.05, 0) is 43.2 Å². The van der Waals surface area contributed by atoms with E-state index in [1.807, 2.05) is 14.1 Å². The molecular formula is C20H27F2IN4. The van der Waals surface area contributed by atoms with Gasteiger partial charge in [-0.3, -0.25) is 4.99 Å². The van der Waals surface area contributed by atoms with Crippen molar-refractivity contribution in [3.8, 4) is 0 Å². The fraction of sp³-hybridized carbons (Fsp3) is 0.350. The summed E-state index contributed by atoms with van der Waals surface area (Å²) in [5.41, 5.74) is 3.87. The van der Waals surface area contributed by atoms with Crippen LogP contribution in [0.4, 0.5) is 14.5 Å². The van der Waals surface area contributed by atoms with Gasteiger partial charge in [0.15, 0.2) is 5.96 Å². The molecule has 0 aliphatic rings. The second-order valence-electron chi connectivity index (χ2n) is 6.46. The number of aliphatic imine (C=N–C) groups is 1. The van der Waals surface area contributed by atoms with E-state index in [1.165, 1.54) is 17.7 Å². The fourth-order valence-corrected chi connectivity index (χ4v) is 2.67. The summed E-state index contributed by atoms with van der Waals surface area (Å²) in [5, 5.41) is 6.37. The summed E-state index contributed by atoms with van der Waals surface area (Å²) in [4.78, 5) is 6.24. The molecule has 0 amide bonds. The van der Waals surface area contributed by atoms with Crippen molar-refractivity contribution in [1.82, 2.24) is 10.6 Å². The SMILES string of the molecule is CN=C(NCc1ccc(N(C)C)cc1C)NC(C)c1ccc(F)cc1F.I. The van der Waals surface area contributed by atoms with E-state index in [1.54, 1.807) is 14.0 Å². The lowest BCUT2D eigenvalue weighted by Crippen LogP contribution is -2.38. The van der Waals surface area contributed by atoms with Gasteiger partial charge >= 0.3 is 0 Å². The largest absolute Gasteiger partial charge is 0.378 e. The van der Waals surface area contributed by atoms with E-state index < -0.39 is 11.6 Å². The number of nitrogens with one attached hydrogen (secondary N) is 2. The zero-order chi connectivity index (χ0) is 19.3. The molecule has 0 aliphatic carbocycles. The molecule has 27 heavy (non-hydrogen) atoms. The van der Waals surface area contributed by atoms with Crippen LogP contribution in [0.3, 0.4) is 0 Å². The molecule has 0 aliphatic heterocycles. The lowest BCUT2D eigenvalue weighted by Gasteiger charge is -2.20. The van der Waals surface area contributed by atoms with E-state index >= 15 is 0 Å². The van der Waals surface area contributed by atoms with Crippen LogP contribution in [0.5, 0.6) is 0 Å². The van der Waals surface area contributed by atoms with E-state index in [-0.39, 0.29) is 30.0 Å². The predicted molar refractivity (Wildman–Crippen MR) is 119 cm³/mol. The van der Waals surface area contributed by atoms with Gasteiger partial charge in [-0.15, -0.1) is 24.0 Å². The normalized spacial score (nSPS) is 12.2. The molecule has 2 N–H and O–H groups in total. The van der Waals surface area contributed by atoms with Gasteiger partial charge in [-0.1, -0.05) is 12.1 Å². The molecule has 1 atom stereocenters. The monoisotopic (exact) mass is 488 g/mol. The van der Waals surface area contributed by atoms with Crippen LogP contribution in [0.2, 0.25) is 0 Å². The topological polar surface area (TPSA) is 39.7 Å². The average molecular weight is 488 g/mol. The first-order chi connectivity index (χ1) is 12.3. The molecule has 0 bridgehead atoms. The van der Waals surface area contributed by atoms with Crippen molar-refractivity contribution in [1.29, 1.82) is 0 Å².